The van der Waals surface area contributed by atoms with Crippen molar-refractivity contribution in [3.05, 3.63) is 30.5 Å². The van der Waals surface area contributed by atoms with Crippen molar-refractivity contribution < 1.29 is 9.90 Å². The molecular weight excluding hydrogens is 316 g/mol. The third-order valence-corrected chi connectivity index (χ3v) is 5.50. The summed E-state index contributed by atoms with van der Waals surface area (Å²) >= 11 is 0. The zero-order valence-corrected chi connectivity index (χ0v) is 14.4. The largest absolute Gasteiger partial charge is 0.393 e. The van der Waals surface area contributed by atoms with E-state index in [1.54, 1.807) is 0 Å². The maximum absolute atomic E-state index is 12.5. The second-order valence-corrected chi connectivity index (χ2v) is 7.15. The molecule has 1 aromatic heterocycles. The van der Waals surface area contributed by atoms with Gasteiger partial charge in [-0.05, 0) is 43.9 Å². The summed E-state index contributed by atoms with van der Waals surface area (Å²) < 4.78 is 0. The van der Waals surface area contributed by atoms with Gasteiger partial charge in [-0.1, -0.05) is 6.07 Å². The van der Waals surface area contributed by atoms with E-state index in [1.165, 1.54) is 11.1 Å². The minimum Gasteiger partial charge on any atom is -0.393 e. The van der Waals surface area contributed by atoms with Crippen LogP contribution in [0.4, 0.5) is 10.5 Å². The smallest absolute Gasteiger partial charge is 0.317 e. The molecule has 1 saturated heterocycles. The first kappa shape index (κ1) is 16.3. The lowest BCUT2D eigenvalue weighted by Gasteiger charge is -2.37. The Kier molecular flexibility index (Phi) is 4.53. The zero-order valence-electron chi connectivity index (χ0n) is 14.4. The molecule has 1 aliphatic heterocycles. The summed E-state index contributed by atoms with van der Waals surface area (Å²) in [6.45, 7) is 3.17. The maximum Gasteiger partial charge on any atom is 0.317 e. The molecule has 1 aliphatic carbocycles. The fourth-order valence-electron chi connectivity index (χ4n) is 3.98. The molecule has 2 amide bonds. The third kappa shape index (κ3) is 3.44. The number of hydrogen-bond donors (Lipinski definition) is 3. The van der Waals surface area contributed by atoms with Gasteiger partial charge in [-0.2, -0.15) is 0 Å². The summed E-state index contributed by atoms with van der Waals surface area (Å²) in [6, 6.07) is 8.68. The monoisotopic (exact) mass is 342 g/mol. The first-order valence-electron chi connectivity index (χ1n) is 9.25. The highest BCUT2D eigenvalue weighted by Crippen LogP contribution is 2.27. The van der Waals surface area contributed by atoms with Crippen LogP contribution in [0.3, 0.4) is 0 Å². The van der Waals surface area contributed by atoms with Gasteiger partial charge in [0.2, 0.25) is 0 Å². The number of rotatable bonds is 2. The third-order valence-electron chi connectivity index (χ3n) is 5.50. The quantitative estimate of drug-likeness (QED) is 0.784. The molecule has 2 heterocycles. The molecule has 0 bridgehead atoms. The standard InChI is InChI=1S/C19H26N4O2/c24-15-6-4-14(5-7-15)21-19(25)23-12-10-22(11-13-23)18-3-1-2-17-16(18)8-9-20-17/h1-3,8-9,14-15,20,24H,4-7,10-13H2,(H,21,25). The van der Waals surface area contributed by atoms with E-state index in [2.05, 4.69) is 39.5 Å². The highest BCUT2D eigenvalue weighted by Gasteiger charge is 2.26. The van der Waals surface area contributed by atoms with Crippen LogP contribution in [0.15, 0.2) is 30.5 Å². The Morgan fingerprint density at radius 2 is 1.84 bits per heavy atom. The topological polar surface area (TPSA) is 71.6 Å². The lowest BCUT2D eigenvalue weighted by Crippen LogP contribution is -2.54. The van der Waals surface area contributed by atoms with E-state index in [0.717, 1.165) is 57.4 Å². The van der Waals surface area contributed by atoms with Crippen molar-refractivity contribution in [2.24, 2.45) is 0 Å². The number of carbonyl (C=O) groups excluding carboxylic acids is 1. The Labute approximate surface area is 147 Å². The summed E-state index contributed by atoms with van der Waals surface area (Å²) in [7, 11) is 0. The van der Waals surface area contributed by atoms with Gasteiger partial charge >= 0.3 is 6.03 Å². The predicted molar refractivity (Wildman–Crippen MR) is 98.9 cm³/mol. The molecule has 0 radical (unpaired) electrons. The van der Waals surface area contributed by atoms with E-state index in [0.29, 0.717) is 0 Å². The number of amides is 2. The first-order chi connectivity index (χ1) is 12.2. The van der Waals surface area contributed by atoms with Gasteiger partial charge in [0.1, 0.15) is 0 Å². The number of nitrogens with one attached hydrogen (secondary N) is 2. The van der Waals surface area contributed by atoms with Crippen molar-refractivity contribution in [3.8, 4) is 0 Å². The van der Waals surface area contributed by atoms with Crippen molar-refractivity contribution in [2.45, 2.75) is 37.8 Å². The van der Waals surface area contributed by atoms with E-state index < -0.39 is 0 Å². The van der Waals surface area contributed by atoms with Gasteiger partial charge in [-0.3, -0.25) is 0 Å². The zero-order chi connectivity index (χ0) is 17.2. The summed E-state index contributed by atoms with van der Waals surface area (Å²) in [4.78, 5) is 20.0. The minimum absolute atomic E-state index is 0.0425. The van der Waals surface area contributed by atoms with E-state index in [-0.39, 0.29) is 18.2 Å². The van der Waals surface area contributed by atoms with E-state index in [1.807, 2.05) is 11.1 Å². The maximum atomic E-state index is 12.5. The molecule has 25 heavy (non-hydrogen) atoms. The van der Waals surface area contributed by atoms with Crippen LogP contribution < -0.4 is 10.2 Å². The number of anilines is 1. The van der Waals surface area contributed by atoms with Crippen LogP contribution >= 0.6 is 0 Å². The highest BCUT2D eigenvalue weighted by atomic mass is 16.3. The van der Waals surface area contributed by atoms with Crippen LogP contribution in [-0.2, 0) is 0 Å². The molecule has 1 saturated carbocycles. The number of aromatic amines is 1. The average Bonchev–Trinajstić information content (AvgIpc) is 3.12. The second kappa shape index (κ2) is 6.96. The number of aliphatic hydroxyl groups is 1. The normalized spacial score (nSPS) is 24.5. The van der Waals surface area contributed by atoms with Crippen molar-refractivity contribution in [2.75, 3.05) is 31.1 Å². The van der Waals surface area contributed by atoms with Gasteiger partial charge in [0.25, 0.3) is 0 Å². The van der Waals surface area contributed by atoms with Crippen molar-refractivity contribution in [3.63, 3.8) is 0 Å². The number of carbonyl (C=O) groups is 1. The second-order valence-electron chi connectivity index (χ2n) is 7.15. The molecule has 6 nitrogen and oxygen atoms in total. The number of aromatic nitrogens is 1. The Hall–Kier alpha value is -2.21. The van der Waals surface area contributed by atoms with Crippen LogP contribution in [0.5, 0.6) is 0 Å². The SMILES string of the molecule is O=C(NC1CCC(O)CC1)N1CCN(c2cccc3[nH]ccc23)CC1. The molecule has 1 aromatic carbocycles. The van der Waals surface area contributed by atoms with Crippen molar-refractivity contribution >= 4 is 22.6 Å². The summed E-state index contributed by atoms with van der Waals surface area (Å²) in [5, 5.41) is 14.0. The van der Waals surface area contributed by atoms with Crippen LogP contribution in [0.2, 0.25) is 0 Å². The van der Waals surface area contributed by atoms with Gasteiger partial charge in [-0.25, -0.2) is 4.79 Å². The fraction of sp³-hybridized carbons (Fsp3) is 0.526. The number of hydrogen-bond acceptors (Lipinski definition) is 3. The molecule has 2 aliphatic rings. The fourth-order valence-corrected chi connectivity index (χ4v) is 3.98. The van der Waals surface area contributed by atoms with Crippen LogP contribution in [0.1, 0.15) is 25.7 Å². The van der Waals surface area contributed by atoms with Crippen LogP contribution in [-0.4, -0.2) is 59.3 Å². The summed E-state index contributed by atoms with van der Waals surface area (Å²) in [6.07, 6.45) is 5.12. The molecule has 134 valence electrons. The van der Waals surface area contributed by atoms with E-state index >= 15 is 0 Å². The number of aliphatic hydroxyl groups excluding tert-OH is 1. The number of benzene rings is 1. The van der Waals surface area contributed by atoms with Gasteiger partial charge in [0.15, 0.2) is 0 Å². The lowest BCUT2D eigenvalue weighted by atomic mass is 9.93. The first-order valence-corrected chi connectivity index (χ1v) is 9.25. The summed E-state index contributed by atoms with van der Waals surface area (Å²) in [5.41, 5.74) is 2.39. The molecule has 2 aromatic rings. The van der Waals surface area contributed by atoms with Crippen LogP contribution in [0, 0.1) is 0 Å². The lowest BCUT2D eigenvalue weighted by molar-refractivity contribution is 0.115. The Morgan fingerprint density at radius 3 is 2.60 bits per heavy atom. The summed E-state index contributed by atoms with van der Waals surface area (Å²) in [5.74, 6) is 0. The number of fused-ring (bicyclic) bond motifs is 1. The number of H-pyrrole nitrogens is 1. The molecule has 3 N–H and O–H groups in total. The van der Waals surface area contributed by atoms with Gasteiger partial charge in [0.05, 0.1) is 6.10 Å². The number of nitrogens with zero attached hydrogens (tertiary/aromatic N) is 2. The van der Waals surface area contributed by atoms with Crippen LogP contribution in [0.25, 0.3) is 10.9 Å². The van der Waals surface area contributed by atoms with E-state index in [4.69, 9.17) is 0 Å². The van der Waals surface area contributed by atoms with Crippen molar-refractivity contribution in [1.82, 2.24) is 15.2 Å². The van der Waals surface area contributed by atoms with E-state index in [9.17, 15) is 9.90 Å². The predicted octanol–water partition coefficient (Wildman–Crippen LogP) is 2.30. The van der Waals surface area contributed by atoms with Crippen molar-refractivity contribution in [1.29, 1.82) is 0 Å². The molecule has 6 heteroatoms. The molecule has 0 unspecified atom stereocenters. The Balaban J connectivity index is 1.33. The average molecular weight is 342 g/mol. The molecular formula is C19H26N4O2. The van der Waals surface area contributed by atoms with Gasteiger partial charge < -0.3 is 25.2 Å². The molecule has 0 spiro atoms. The Morgan fingerprint density at radius 1 is 1.08 bits per heavy atom. The van der Waals surface area contributed by atoms with Gasteiger partial charge in [0, 0.05) is 55.0 Å². The highest BCUT2D eigenvalue weighted by molar-refractivity contribution is 5.92. The van der Waals surface area contributed by atoms with Gasteiger partial charge in [-0.15, -0.1) is 0 Å². The number of urea groups is 1. The molecule has 0 atom stereocenters. The molecule has 2 fully saturated rings. The number of piperazine rings is 1. The minimum atomic E-state index is -0.187. The Bertz CT molecular complexity index is 728. The molecule has 4 rings (SSSR count).